The summed E-state index contributed by atoms with van der Waals surface area (Å²) in [4.78, 5) is 20.0. The van der Waals surface area contributed by atoms with E-state index in [0.717, 1.165) is 49.5 Å². The van der Waals surface area contributed by atoms with E-state index in [4.69, 9.17) is 0 Å². The number of carbonyl (C=O) groups is 1. The summed E-state index contributed by atoms with van der Waals surface area (Å²) in [6, 6.07) is 13.7. The zero-order chi connectivity index (χ0) is 13.8. The van der Waals surface area contributed by atoms with E-state index in [0.29, 0.717) is 0 Å². The number of hydrogen-bond donors (Lipinski definition) is 0. The maximum atomic E-state index is 11.1. The molecule has 1 fully saturated rings. The highest BCUT2D eigenvalue weighted by atomic mass is 16.1. The van der Waals surface area contributed by atoms with Crippen molar-refractivity contribution >= 4 is 17.8 Å². The lowest BCUT2D eigenvalue weighted by molar-refractivity contribution is 0.112. The second-order valence-corrected chi connectivity index (χ2v) is 4.84. The topological polar surface area (TPSA) is 36.4 Å². The van der Waals surface area contributed by atoms with Gasteiger partial charge in [0.1, 0.15) is 5.82 Å². The molecule has 4 nitrogen and oxygen atoms in total. The van der Waals surface area contributed by atoms with Gasteiger partial charge in [-0.05, 0) is 24.3 Å². The van der Waals surface area contributed by atoms with Crippen LogP contribution in [0.15, 0.2) is 48.7 Å². The van der Waals surface area contributed by atoms with Gasteiger partial charge in [0.25, 0.3) is 0 Å². The zero-order valence-corrected chi connectivity index (χ0v) is 11.3. The summed E-state index contributed by atoms with van der Waals surface area (Å²) in [6.45, 7) is 3.65. The number of nitrogens with zero attached hydrogens (tertiary/aromatic N) is 3. The molecule has 1 saturated heterocycles. The number of para-hydroxylation sites is 1. The van der Waals surface area contributed by atoms with Gasteiger partial charge in [-0.2, -0.15) is 0 Å². The first-order chi connectivity index (χ1) is 9.88. The summed E-state index contributed by atoms with van der Waals surface area (Å²) in [7, 11) is 0. The predicted octanol–water partition coefficient (Wildman–Crippen LogP) is 2.22. The lowest BCUT2D eigenvalue weighted by Crippen LogP contribution is -2.47. The second kappa shape index (κ2) is 5.74. The van der Waals surface area contributed by atoms with E-state index in [1.165, 1.54) is 0 Å². The van der Waals surface area contributed by atoms with Crippen LogP contribution in [0.3, 0.4) is 0 Å². The number of hydrogen-bond acceptors (Lipinski definition) is 4. The second-order valence-electron chi connectivity index (χ2n) is 4.84. The molecule has 0 atom stereocenters. The first kappa shape index (κ1) is 12.7. The molecule has 1 aromatic carbocycles. The smallest absolute Gasteiger partial charge is 0.152 e. The van der Waals surface area contributed by atoms with Gasteiger partial charge in [0, 0.05) is 43.6 Å². The molecule has 1 aliphatic heterocycles. The Balaban J connectivity index is 1.71. The van der Waals surface area contributed by atoms with Crippen LogP contribution < -0.4 is 9.80 Å². The van der Waals surface area contributed by atoms with Gasteiger partial charge < -0.3 is 9.80 Å². The fourth-order valence-corrected chi connectivity index (χ4v) is 2.59. The Morgan fingerprint density at radius 2 is 1.60 bits per heavy atom. The van der Waals surface area contributed by atoms with Crippen molar-refractivity contribution in [3.05, 3.63) is 54.2 Å². The Morgan fingerprint density at radius 1 is 0.900 bits per heavy atom. The van der Waals surface area contributed by atoms with Crippen molar-refractivity contribution in [3.8, 4) is 0 Å². The molecule has 0 aliphatic carbocycles. The molecule has 2 aromatic rings. The number of anilines is 2. The molecule has 0 spiro atoms. The molecular weight excluding hydrogens is 250 g/mol. The fraction of sp³-hybridized carbons (Fsp3) is 0.250. The van der Waals surface area contributed by atoms with E-state index in [1.807, 2.05) is 48.7 Å². The van der Waals surface area contributed by atoms with Crippen LogP contribution in [0.4, 0.5) is 11.5 Å². The van der Waals surface area contributed by atoms with Crippen molar-refractivity contribution < 1.29 is 4.79 Å². The van der Waals surface area contributed by atoms with E-state index in [9.17, 15) is 4.79 Å². The number of aldehydes is 1. The number of aromatic nitrogens is 1. The van der Waals surface area contributed by atoms with Crippen molar-refractivity contribution in [2.45, 2.75) is 0 Å². The molecule has 0 N–H and O–H groups in total. The Kier molecular flexibility index (Phi) is 3.63. The molecule has 102 valence electrons. The van der Waals surface area contributed by atoms with Crippen molar-refractivity contribution in [1.82, 2.24) is 4.98 Å². The van der Waals surface area contributed by atoms with Gasteiger partial charge in [-0.3, -0.25) is 4.79 Å². The SMILES string of the molecule is O=Cc1ccccc1N1CCN(c2ccccn2)CC1. The predicted molar refractivity (Wildman–Crippen MR) is 80.5 cm³/mol. The molecule has 4 heteroatoms. The first-order valence-electron chi connectivity index (χ1n) is 6.83. The van der Waals surface area contributed by atoms with E-state index in [-0.39, 0.29) is 0 Å². The van der Waals surface area contributed by atoms with Crippen LogP contribution in [0.1, 0.15) is 10.4 Å². The van der Waals surface area contributed by atoms with Gasteiger partial charge in [0.2, 0.25) is 0 Å². The van der Waals surface area contributed by atoms with E-state index in [1.54, 1.807) is 0 Å². The van der Waals surface area contributed by atoms with Gasteiger partial charge in [-0.25, -0.2) is 4.98 Å². The third-order valence-corrected chi connectivity index (χ3v) is 3.66. The molecule has 0 bridgehead atoms. The molecule has 1 aromatic heterocycles. The maximum absolute atomic E-state index is 11.1. The van der Waals surface area contributed by atoms with Crippen molar-refractivity contribution in [3.63, 3.8) is 0 Å². The van der Waals surface area contributed by atoms with Crippen LogP contribution in [0.2, 0.25) is 0 Å². The van der Waals surface area contributed by atoms with Gasteiger partial charge in [-0.1, -0.05) is 18.2 Å². The molecule has 0 amide bonds. The fourth-order valence-electron chi connectivity index (χ4n) is 2.59. The summed E-state index contributed by atoms with van der Waals surface area (Å²) in [5.74, 6) is 1.02. The Morgan fingerprint density at radius 3 is 2.30 bits per heavy atom. The Labute approximate surface area is 118 Å². The third-order valence-electron chi connectivity index (χ3n) is 3.66. The molecule has 0 radical (unpaired) electrons. The minimum absolute atomic E-state index is 0.763. The van der Waals surface area contributed by atoms with Crippen LogP contribution in [0, 0.1) is 0 Å². The number of pyridine rings is 1. The number of carbonyl (C=O) groups excluding carboxylic acids is 1. The maximum Gasteiger partial charge on any atom is 0.152 e. The average Bonchev–Trinajstić information content (AvgIpc) is 2.56. The van der Waals surface area contributed by atoms with Gasteiger partial charge in [0.15, 0.2) is 6.29 Å². The van der Waals surface area contributed by atoms with Crippen LogP contribution >= 0.6 is 0 Å². The highest BCUT2D eigenvalue weighted by molar-refractivity contribution is 5.84. The summed E-state index contributed by atoms with van der Waals surface area (Å²) in [6.07, 6.45) is 2.75. The first-order valence-corrected chi connectivity index (χ1v) is 6.83. The molecule has 0 unspecified atom stereocenters. The number of piperazine rings is 1. The zero-order valence-electron chi connectivity index (χ0n) is 11.3. The van der Waals surface area contributed by atoms with Crippen LogP contribution in [0.5, 0.6) is 0 Å². The highest BCUT2D eigenvalue weighted by Gasteiger charge is 2.19. The van der Waals surface area contributed by atoms with Crippen molar-refractivity contribution in [2.24, 2.45) is 0 Å². The standard InChI is InChI=1S/C16H17N3O/c20-13-14-5-1-2-6-15(14)18-9-11-19(12-10-18)16-7-3-4-8-17-16/h1-8,13H,9-12H2. The molecule has 3 rings (SSSR count). The highest BCUT2D eigenvalue weighted by Crippen LogP contribution is 2.21. The van der Waals surface area contributed by atoms with Gasteiger partial charge in [0.05, 0.1) is 0 Å². The average molecular weight is 267 g/mol. The monoisotopic (exact) mass is 267 g/mol. The van der Waals surface area contributed by atoms with Gasteiger partial charge >= 0.3 is 0 Å². The van der Waals surface area contributed by atoms with Crippen LogP contribution in [-0.4, -0.2) is 37.4 Å². The van der Waals surface area contributed by atoms with Crippen molar-refractivity contribution in [2.75, 3.05) is 36.0 Å². The minimum Gasteiger partial charge on any atom is -0.367 e. The molecule has 0 saturated carbocycles. The summed E-state index contributed by atoms with van der Waals surface area (Å²) < 4.78 is 0. The summed E-state index contributed by atoms with van der Waals surface area (Å²) in [5.41, 5.74) is 1.79. The third kappa shape index (κ3) is 2.50. The largest absolute Gasteiger partial charge is 0.367 e. The van der Waals surface area contributed by atoms with E-state index >= 15 is 0 Å². The van der Waals surface area contributed by atoms with Crippen LogP contribution in [0.25, 0.3) is 0 Å². The quantitative estimate of drug-likeness (QED) is 0.799. The molecule has 1 aliphatic rings. The normalized spacial score (nSPS) is 15.2. The Hall–Kier alpha value is -2.36. The Bertz CT molecular complexity index is 577. The number of rotatable bonds is 3. The van der Waals surface area contributed by atoms with Crippen LogP contribution in [-0.2, 0) is 0 Å². The lowest BCUT2D eigenvalue weighted by Gasteiger charge is -2.37. The number of benzene rings is 1. The van der Waals surface area contributed by atoms with Crippen molar-refractivity contribution in [1.29, 1.82) is 0 Å². The summed E-state index contributed by atoms with van der Waals surface area (Å²) in [5, 5.41) is 0. The summed E-state index contributed by atoms with van der Waals surface area (Å²) >= 11 is 0. The molecule has 2 heterocycles. The lowest BCUT2D eigenvalue weighted by atomic mass is 10.1. The van der Waals surface area contributed by atoms with E-state index in [2.05, 4.69) is 14.8 Å². The molecule has 20 heavy (non-hydrogen) atoms. The van der Waals surface area contributed by atoms with Gasteiger partial charge in [-0.15, -0.1) is 0 Å². The molecular formula is C16H17N3O. The minimum atomic E-state index is 0.763. The van der Waals surface area contributed by atoms with E-state index < -0.39 is 0 Å².